The predicted molar refractivity (Wildman–Crippen MR) is 44.1 cm³/mol. The Morgan fingerprint density at radius 1 is 1.60 bits per heavy atom. The van der Waals surface area contributed by atoms with Crippen molar-refractivity contribution in [1.82, 2.24) is 4.57 Å². The highest BCUT2D eigenvalue weighted by Gasteiger charge is 1.87. The minimum Gasteiger partial charge on any atom is -0.324 e. The van der Waals surface area contributed by atoms with E-state index in [1.807, 2.05) is 0 Å². The first-order valence-electron chi connectivity index (χ1n) is 3.53. The van der Waals surface area contributed by atoms with Crippen LogP contribution in [0.15, 0.2) is 16.6 Å². The molecule has 1 aromatic heterocycles. The minimum absolute atomic E-state index is 0.876. The molecule has 1 rings (SSSR count). The van der Waals surface area contributed by atoms with E-state index in [0.29, 0.717) is 0 Å². The van der Waals surface area contributed by atoms with Crippen molar-refractivity contribution in [3.05, 3.63) is 16.4 Å². The standard InChI is InChI=1S/C7H12N2S/c1-3-8-7-9(4-2)5-6-10-7/h5-6H,3-4H2,1-2H3. The lowest BCUT2D eigenvalue weighted by Crippen LogP contribution is -2.12. The summed E-state index contributed by atoms with van der Waals surface area (Å²) in [4.78, 5) is 5.45. The Balaban J connectivity index is 3.01. The van der Waals surface area contributed by atoms with Crippen LogP contribution in [0, 0.1) is 0 Å². The monoisotopic (exact) mass is 156 g/mol. The van der Waals surface area contributed by atoms with Crippen molar-refractivity contribution < 1.29 is 0 Å². The summed E-state index contributed by atoms with van der Waals surface area (Å²) in [5.74, 6) is 0. The van der Waals surface area contributed by atoms with Gasteiger partial charge in [0, 0.05) is 24.7 Å². The molecule has 0 fully saturated rings. The number of hydrogen-bond acceptors (Lipinski definition) is 2. The van der Waals surface area contributed by atoms with Gasteiger partial charge >= 0.3 is 0 Å². The maximum atomic E-state index is 4.32. The predicted octanol–water partition coefficient (Wildman–Crippen LogP) is 1.49. The van der Waals surface area contributed by atoms with Gasteiger partial charge in [0.2, 0.25) is 0 Å². The van der Waals surface area contributed by atoms with Crippen LogP contribution in [0.1, 0.15) is 13.8 Å². The second kappa shape index (κ2) is 3.56. The normalized spacial score (nSPS) is 12.4. The third kappa shape index (κ3) is 1.48. The lowest BCUT2D eigenvalue weighted by atomic mass is 10.7. The average Bonchev–Trinajstić information content (AvgIpc) is 2.36. The molecule has 0 N–H and O–H groups in total. The van der Waals surface area contributed by atoms with E-state index in [9.17, 15) is 0 Å². The zero-order valence-corrected chi connectivity index (χ0v) is 7.19. The molecule has 0 unspecified atom stereocenters. The van der Waals surface area contributed by atoms with Crippen LogP contribution in [0.25, 0.3) is 0 Å². The summed E-state index contributed by atoms with van der Waals surface area (Å²) in [6.45, 7) is 6.07. The molecule has 0 radical (unpaired) electrons. The molecule has 0 amide bonds. The van der Waals surface area contributed by atoms with Crippen molar-refractivity contribution in [2.45, 2.75) is 20.4 Å². The summed E-state index contributed by atoms with van der Waals surface area (Å²) in [6, 6.07) is 0. The topological polar surface area (TPSA) is 17.3 Å². The van der Waals surface area contributed by atoms with Crippen LogP contribution in [-0.4, -0.2) is 11.1 Å². The molecule has 0 bridgehead atoms. The lowest BCUT2D eigenvalue weighted by molar-refractivity contribution is 0.727. The summed E-state index contributed by atoms with van der Waals surface area (Å²) in [5.41, 5.74) is 0. The SMILES string of the molecule is CCN=c1sccn1CC. The molecule has 1 heterocycles. The van der Waals surface area contributed by atoms with Crippen molar-refractivity contribution in [2.24, 2.45) is 4.99 Å². The van der Waals surface area contributed by atoms with Gasteiger partial charge in [-0.15, -0.1) is 11.3 Å². The largest absolute Gasteiger partial charge is 0.324 e. The van der Waals surface area contributed by atoms with Gasteiger partial charge in [0.1, 0.15) is 0 Å². The maximum absolute atomic E-state index is 4.32. The summed E-state index contributed by atoms with van der Waals surface area (Å²) in [5, 5.41) is 2.07. The van der Waals surface area contributed by atoms with Crippen molar-refractivity contribution >= 4 is 11.3 Å². The van der Waals surface area contributed by atoms with Gasteiger partial charge in [-0.25, -0.2) is 0 Å². The molecule has 0 saturated carbocycles. The first-order valence-corrected chi connectivity index (χ1v) is 4.40. The molecule has 10 heavy (non-hydrogen) atoms. The number of nitrogens with zero attached hydrogens (tertiary/aromatic N) is 2. The fourth-order valence-electron chi connectivity index (χ4n) is 0.800. The highest BCUT2D eigenvalue weighted by atomic mass is 32.1. The van der Waals surface area contributed by atoms with Crippen LogP contribution in [0.2, 0.25) is 0 Å². The van der Waals surface area contributed by atoms with Crippen LogP contribution in [-0.2, 0) is 6.54 Å². The number of hydrogen-bond donors (Lipinski definition) is 0. The Morgan fingerprint density at radius 3 is 3.00 bits per heavy atom. The zero-order chi connectivity index (χ0) is 7.40. The van der Waals surface area contributed by atoms with Gasteiger partial charge in [-0.05, 0) is 13.8 Å². The van der Waals surface area contributed by atoms with Crippen LogP contribution < -0.4 is 4.80 Å². The molecule has 0 spiro atoms. The van der Waals surface area contributed by atoms with Gasteiger partial charge in [0.05, 0.1) is 0 Å². The summed E-state index contributed by atoms with van der Waals surface area (Å²) >= 11 is 1.69. The van der Waals surface area contributed by atoms with E-state index in [4.69, 9.17) is 0 Å². The van der Waals surface area contributed by atoms with Crippen LogP contribution in [0.5, 0.6) is 0 Å². The second-order valence-electron chi connectivity index (χ2n) is 1.95. The second-order valence-corrected chi connectivity index (χ2v) is 2.82. The first-order chi connectivity index (χ1) is 4.88. The Kier molecular flexibility index (Phi) is 2.68. The van der Waals surface area contributed by atoms with Gasteiger partial charge < -0.3 is 4.57 Å². The Labute approximate surface area is 64.9 Å². The Hall–Kier alpha value is -0.570. The molecule has 1 aromatic rings. The van der Waals surface area contributed by atoms with E-state index >= 15 is 0 Å². The molecular formula is C7H12N2S. The quantitative estimate of drug-likeness (QED) is 0.617. The molecule has 0 aliphatic heterocycles. The van der Waals surface area contributed by atoms with Crippen LogP contribution >= 0.6 is 11.3 Å². The summed E-state index contributed by atoms with van der Waals surface area (Å²) in [6.07, 6.45) is 2.07. The van der Waals surface area contributed by atoms with Gasteiger partial charge in [-0.1, -0.05) is 0 Å². The molecule has 2 nitrogen and oxygen atoms in total. The van der Waals surface area contributed by atoms with Crippen molar-refractivity contribution in [3.63, 3.8) is 0 Å². The van der Waals surface area contributed by atoms with Gasteiger partial charge in [0.25, 0.3) is 0 Å². The highest BCUT2D eigenvalue weighted by molar-refractivity contribution is 7.07. The van der Waals surface area contributed by atoms with Gasteiger partial charge in [-0.2, -0.15) is 0 Å². The van der Waals surface area contributed by atoms with Gasteiger partial charge in [0.15, 0.2) is 4.80 Å². The molecule has 0 aliphatic rings. The molecule has 3 heteroatoms. The third-order valence-corrected chi connectivity index (χ3v) is 2.13. The molecule has 0 saturated heterocycles. The number of aryl methyl sites for hydroxylation is 1. The fourth-order valence-corrected chi connectivity index (χ4v) is 1.66. The van der Waals surface area contributed by atoms with E-state index in [1.54, 1.807) is 11.3 Å². The summed E-state index contributed by atoms with van der Waals surface area (Å²) < 4.78 is 2.15. The van der Waals surface area contributed by atoms with E-state index in [1.165, 1.54) is 0 Å². The highest BCUT2D eigenvalue weighted by Crippen LogP contribution is 1.88. The fraction of sp³-hybridized carbons (Fsp3) is 0.571. The minimum atomic E-state index is 0.876. The summed E-state index contributed by atoms with van der Waals surface area (Å²) in [7, 11) is 0. The van der Waals surface area contributed by atoms with Crippen LogP contribution in [0.4, 0.5) is 0 Å². The number of rotatable bonds is 2. The molecular weight excluding hydrogens is 144 g/mol. The average molecular weight is 156 g/mol. The van der Waals surface area contributed by atoms with Crippen LogP contribution in [0.3, 0.4) is 0 Å². The van der Waals surface area contributed by atoms with E-state index < -0.39 is 0 Å². The Morgan fingerprint density at radius 2 is 2.40 bits per heavy atom. The smallest absolute Gasteiger partial charge is 0.184 e. The van der Waals surface area contributed by atoms with E-state index in [2.05, 4.69) is 35.0 Å². The first kappa shape index (κ1) is 7.54. The lowest BCUT2D eigenvalue weighted by Gasteiger charge is -1.92. The zero-order valence-electron chi connectivity index (χ0n) is 6.37. The third-order valence-electron chi connectivity index (χ3n) is 1.29. The maximum Gasteiger partial charge on any atom is 0.184 e. The molecule has 56 valence electrons. The van der Waals surface area contributed by atoms with Crippen molar-refractivity contribution in [3.8, 4) is 0 Å². The molecule has 0 atom stereocenters. The Bertz CT molecular complexity index is 246. The van der Waals surface area contributed by atoms with Gasteiger partial charge in [-0.3, -0.25) is 4.99 Å². The van der Waals surface area contributed by atoms with E-state index in [0.717, 1.165) is 17.9 Å². The van der Waals surface area contributed by atoms with Crippen molar-refractivity contribution in [1.29, 1.82) is 0 Å². The molecule has 0 aromatic carbocycles. The molecule has 0 aliphatic carbocycles. The number of thiazole rings is 1. The van der Waals surface area contributed by atoms with E-state index in [-0.39, 0.29) is 0 Å². The number of aromatic nitrogens is 1. The van der Waals surface area contributed by atoms with Crippen molar-refractivity contribution in [2.75, 3.05) is 6.54 Å².